The van der Waals surface area contributed by atoms with Crippen molar-refractivity contribution in [2.45, 2.75) is 43.3 Å². The second kappa shape index (κ2) is 13.5. The van der Waals surface area contributed by atoms with Crippen molar-refractivity contribution in [2.24, 2.45) is 0 Å². The van der Waals surface area contributed by atoms with E-state index >= 15 is 0 Å². The maximum atomic E-state index is 13.1. The predicted octanol–water partition coefficient (Wildman–Crippen LogP) is 7.31. The van der Waals surface area contributed by atoms with E-state index in [1.54, 1.807) is 30.0 Å². The number of hydrogen-bond acceptors (Lipinski definition) is 8. The topological polar surface area (TPSA) is 86.1 Å². The molecule has 7 nitrogen and oxygen atoms in total. The Morgan fingerprint density at radius 1 is 1.07 bits per heavy atom. The first-order valence-corrected chi connectivity index (χ1v) is 15.8. The SMILES string of the molecule is Cc1cc(SCc2sc(-c3ccc(C(F)(F)F)cc3)nc2CN2CCN(c3ccccc3O)CC2)ccc1OC(C)C(=O)O. The molecule has 0 aliphatic carbocycles. The van der Waals surface area contributed by atoms with Crippen molar-refractivity contribution >= 4 is 34.8 Å². The number of phenols is 1. The molecule has 1 aromatic heterocycles. The van der Waals surface area contributed by atoms with Gasteiger partial charge in [-0.05, 0) is 61.9 Å². The normalized spacial score (nSPS) is 14.9. The number of aryl methyl sites for hydroxylation is 1. The third-order valence-corrected chi connectivity index (χ3v) is 9.72. The average Bonchev–Trinajstić information content (AvgIpc) is 3.40. The third kappa shape index (κ3) is 7.66. The highest BCUT2D eigenvalue weighted by Crippen LogP contribution is 2.37. The fraction of sp³-hybridized carbons (Fsp3) is 0.312. The molecule has 2 heterocycles. The number of para-hydroxylation sites is 2. The molecule has 0 saturated carbocycles. The first kappa shape index (κ1) is 31.7. The monoisotopic (exact) mass is 643 g/mol. The van der Waals surface area contributed by atoms with Gasteiger partial charge in [0.15, 0.2) is 6.10 Å². The number of anilines is 1. The van der Waals surface area contributed by atoms with Crippen molar-refractivity contribution in [2.75, 3.05) is 31.1 Å². The van der Waals surface area contributed by atoms with Gasteiger partial charge in [-0.15, -0.1) is 23.1 Å². The number of aliphatic carboxylic acids is 1. The van der Waals surface area contributed by atoms with Crippen LogP contribution in [0.25, 0.3) is 10.6 Å². The number of alkyl halides is 3. The number of halogens is 3. The lowest BCUT2D eigenvalue weighted by molar-refractivity contribution is -0.144. The zero-order valence-corrected chi connectivity index (χ0v) is 25.8. The number of piperazine rings is 1. The summed E-state index contributed by atoms with van der Waals surface area (Å²) in [7, 11) is 0. The molecule has 1 unspecified atom stereocenters. The van der Waals surface area contributed by atoms with Gasteiger partial charge in [-0.3, -0.25) is 4.90 Å². The minimum absolute atomic E-state index is 0.257. The molecule has 0 radical (unpaired) electrons. The van der Waals surface area contributed by atoms with Gasteiger partial charge in [-0.2, -0.15) is 13.2 Å². The molecular weight excluding hydrogens is 611 g/mol. The Morgan fingerprint density at radius 2 is 1.77 bits per heavy atom. The first-order chi connectivity index (χ1) is 21.0. The molecule has 1 aliphatic heterocycles. The standard InChI is InChI=1S/C32H32F3N3O4S2/c1-20-17-24(11-12-28(20)42-21(2)31(40)41)43-19-29-25(36-30(44-29)22-7-9-23(10-8-22)32(33,34)35)18-37-13-15-38(16-14-37)26-5-3-4-6-27(26)39/h3-12,17,21,39H,13-16,18-19H2,1-2H3,(H,40,41). The van der Waals surface area contributed by atoms with Crippen LogP contribution in [0.2, 0.25) is 0 Å². The van der Waals surface area contributed by atoms with Crippen molar-refractivity contribution < 1.29 is 32.9 Å². The average molecular weight is 644 g/mol. The number of nitrogens with zero attached hydrogens (tertiary/aromatic N) is 3. The number of thiazole rings is 1. The molecule has 44 heavy (non-hydrogen) atoms. The van der Waals surface area contributed by atoms with Gasteiger partial charge in [0.25, 0.3) is 0 Å². The second-order valence-electron chi connectivity index (χ2n) is 10.5. The van der Waals surface area contributed by atoms with Gasteiger partial charge in [0, 0.05) is 53.8 Å². The number of rotatable bonds is 10. The van der Waals surface area contributed by atoms with E-state index in [2.05, 4.69) is 9.80 Å². The Morgan fingerprint density at radius 3 is 2.41 bits per heavy atom. The number of carboxylic acids is 1. The molecule has 3 aromatic carbocycles. The van der Waals surface area contributed by atoms with E-state index in [1.807, 2.05) is 31.2 Å². The van der Waals surface area contributed by atoms with Crippen molar-refractivity contribution in [3.63, 3.8) is 0 Å². The molecule has 1 aliphatic rings. The first-order valence-electron chi connectivity index (χ1n) is 14.0. The molecule has 4 aromatic rings. The Balaban J connectivity index is 1.33. The van der Waals surface area contributed by atoms with Crippen LogP contribution in [-0.4, -0.2) is 58.3 Å². The number of benzene rings is 3. The number of aromatic hydroxyl groups is 1. The molecule has 0 bridgehead atoms. The quantitative estimate of drug-likeness (QED) is 0.174. The van der Waals surface area contributed by atoms with Gasteiger partial charge < -0.3 is 19.8 Å². The number of phenolic OH excluding ortho intramolecular Hbond substituents is 1. The number of carbonyl (C=O) groups is 1. The lowest BCUT2D eigenvalue weighted by Crippen LogP contribution is -2.46. The Kier molecular flexibility index (Phi) is 9.72. The van der Waals surface area contributed by atoms with E-state index in [0.29, 0.717) is 28.6 Å². The maximum absolute atomic E-state index is 13.1. The van der Waals surface area contributed by atoms with Gasteiger partial charge in [-0.1, -0.05) is 24.3 Å². The zero-order valence-electron chi connectivity index (χ0n) is 24.2. The van der Waals surface area contributed by atoms with Gasteiger partial charge in [0.1, 0.15) is 16.5 Å². The molecule has 12 heteroatoms. The zero-order chi connectivity index (χ0) is 31.4. The van der Waals surface area contributed by atoms with Crippen LogP contribution in [0.15, 0.2) is 71.6 Å². The van der Waals surface area contributed by atoms with Crippen molar-refractivity contribution in [1.29, 1.82) is 0 Å². The van der Waals surface area contributed by atoms with Gasteiger partial charge in [-0.25, -0.2) is 9.78 Å². The van der Waals surface area contributed by atoms with E-state index in [-0.39, 0.29) is 5.75 Å². The van der Waals surface area contributed by atoms with E-state index in [4.69, 9.17) is 14.8 Å². The Bertz CT molecular complexity index is 1600. The molecule has 1 saturated heterocycles. The van der Waals surface area contributed by atoms with Crippen LogP contribution in [0, 0.1) is 6.92 Å². The molecular formula is C32H32F3N3O4S2. The summed E-state index contributed by atoms with van der Waals surface area (Å²) >= 11 is 3.09. The molecule has 0 spiro atoms. The van der Waals surface area contributed by atoms with Crippen LogP contribution in [0.3, 0.4) is 0 Å². The molecule has 232 valence electrons. The molecule has 0 amide bonds. The second-order valence-corrected chi connectivity index (χ2v) is 12.7. The summed E-state index contributed by atoms with van der Waals surface area (Å²) in [5.41, 5.74) is 2.46. The van der Waals surface area contributed by atoms with Crippen LogP contribution in [0.4, 0.5) is 18.9 Å². The maximum Gasteiger partial charge on any atom is 0.416 e. The number of ether oxygens (including phenoxy) is 1. The lowest BCUT2D eigenvalue weighted by Gasteiger charge is -2.36. The van der Waals surface area contributed by atoms with Gasteiger partial charge >= 0.3 is 12.1 Å². The smallest absolute Gasteiger partial charge is 0.416 e. The van der Waals surface area contributed by atoms with Crippen LogP contribution in [0.5, 0.6) is 11.5 Å². The van der Waals surface area contributed by atoms with Crippen LogP contribution < -0.4 is 9.64 Å². The van der Waals surface area contributed by atoms with E-state index in [0.717, 1.165) is 65.0 Å². The fourth-order valence-corrected chi connectivity index (χ4v) is 7.04. The number of hydrogen-bond donors (Lipinski definition) is 2. The van der Waals surface area contributed by atoms with Gasteiger partial charge in [0.05, 0.1) is 16.9 Å². The van der Waals surface area contributed by atoms with Crippen molar-refractivity contribution in [1.82, 2.24) is 9.88 Å². The van der Waals surface area contributed by atoms with Gasteiger partial charge in [0.2, 0.25) is 0 Å². The lowest BCUT2D eigenvalue weighted by atomic mass is 10.1. The van der Waals surface area contributed by atoms with E-state index in [1.165, 1.54) is 30.4 Å². The summed E-state index contributed by atoms with van der Waals surface area (Å²) in [5.74, 6) is 0.336. The van der Waals surface area contributed by atoms with E-state index in [9.17, 15) is 23.1 Å². The summed E-state index contributed by atoms with van der Waals surface area (Å²) in [4.78, 5) is 22.5. The summed E-state index contributed by atoms with van der Waals surface area (Å²) in [6.07, 6.45) is -5.37. The highest BCUT2D eigenvalue weighted by Gasteiger charge is 2.30. The summed E-state index contributed by atoms with van der Waals surface area (Å²) in [5, 5.41) is 20.1. The van der Waals surface area contributed by atoms with Crippen LogP contribution in [0.1, 0.15) is 28.6 Å². The third-order valence-electron chi connectivity index (χ3n) is 7.37. The van der Waals surface area contributed by atoms with Crippen molar-refractivity contribution in [3.05, 3.63) is 88.4 Å². The largest absolute Gasteiger partial charge is 0.506 e. The predicted molar refractivity (Wildman–Crippen MR) is 167 cm³/mol. The Hall–Kier alpha value is -3.74. The van der Waals surface area contributed by atoms with E-state index < -0.39 is 23.8 Å². The highest BCUT2D eigenvalue weighted by atomic mass is 32.2. The Labute approximate surface area is 261 Å². The molecule has 2 N–H and O–H groups in total. The molecule has 5 rings (SSSR count). The highest BCUT2D eigenvalue weighted by molar-refractivity contribution is 7.98. The minimum atomic E-state index is -4.41. The number of aromatic nitrogens is 1. The van der Waals surface area contributed by atoms with Crippen LogP contribution in [-0.2, 0) is 23.3 Å². The summed E-state index contributed by atoms with van der Waals surface area (Å²) in [6.45, 7) is 6.96. The fourth-order valence-electron chi connectivity index (χ4n) is 4.87. The molecule has 1 atom stereocenters. The van der Waals surface area contributed by atoms with Crippen molar-refractivity contribution in [3.8, 4) is 22.1 Å². The minimum Gasteiger partial charge on any atom is -0.506 e. The summed E-state index contributed by atoms with van der Waals surface area (Å²) in [6, 6.07) is 18.0. The number of thioether (sulfide) groups is 1. The summed E-state index contributed by atoms with van der Waals surface area (Å²) < 4.78 is 45.0. The number of carboxylic acid groups (broad SMARTS) is 1. The molecule has 1 fully saturated rings. The van der Waals surface area contributed by atoms with Crippen LogP contribution >= 0.6 is 23.1 Å².